The second kappa shape index (κ2) is 6.09. The quantitative estimate of drug-likeness (QED) is 0.575. The van der Waals surface area contributed by atoms with Gasteiger partial charge in [-0.2, -0.15) is 0 Å². The molecule has 1 saturated heterocycles. The SMILES string of the molecule is CC.CCC1CCNC1.[HH]. The predicted octanol–water partition coefficient (Wildman–Crippen LogP) is 2.28. The van der Waals surface area contributed by atoms with Crippen LogP contribution in [-0.2, 0) is 0 Å². The first-order chi connectivity index (χ1) is 4.43. The summed E-state index contributed by atoms with van der Waals surface area (Å²) in [5.41, 5.74) is 0. The average molecular weight is 131 g/mol. The van der Waals surface area contributed by atoms with Crippen LogP contribution in [-0.4, -0.2) is 13.1 Å². The summed E-state index contributed by atoms with van der Waals surface area (Å²) in [6, 6.07) is 0. The van der Waals surface area contributed by atoms with E-state index < -0.39 is 0 Å². The molecule has 1 atom stereocenters. The zero-order chi connectivity index (χ0) is 7.11. The van der Waals surface area contributed by atoms with Crippen molar-refractivity contribution in [2.24, 2.45) is 5.92 Å². The van der Waals surface area contributed by atoms with Gasteiger partial charge in [-0.05, 0) is 25.4 Å². The lowest BCUT2D eigenvalue weighted by atomic mass is 10.1. The number of nitrogens with one attached hydrogen (secondary N) is 1. The molecule has 58 valence electrons. The van der Waals surface area contributed by atoms with Gasteiger partial charge in [-0.15, -0.1) is 0 Å². The number of hydrogen-bond acceptors (Lipinski definition) is 1. The minimum absolute atomic E-state index is 0. The van der Waals surface area contributed by atoms with E-state index in [0.717, 1.165) is 5.92 Å². The van der Waals surface area contributed by atoms with E-state index in [2.05, 4.69) is 12.2 Å². The van der Waals surface area contributed by atoms with E-state index in [0.29, 0.717) is 0 Å². The average Bonchev–Trinajstić information content (AvgIpc) is 2.43. The second-order valence-electron chi connectivity index (χ2n) is 2.27. The van der Waals surface area contributed by atoms with Crippen LogP contribution in [0.15, 0.2) is 0 Å². The van der Waals surface area contributed by atoms with Gasteiger partial charge in [-0.1, -0.05) is 27.2 Å². The van der Waals surface area contributed by atoms with Gasteiger partial charge in [-0.3, -0.25) is 0 Å². The maximum atomic E-state index is 3.32. The summed E-state index contributed by atoms with van der Waals surface area (Å²) >= 11 is 0. The van der Waals surface area contributed by atoms with Gasteiger partial charge in [0.15, 0.2) is 0 Å². The predicted molar refractivity (Wildman–Crippen MR) is 44.7 cm³/mol. The zero-order valence-corrected chi connectivity index (χ0v) is 6.91. The van der Waals surface area contributed by atoms with Gasteiger partial charge in [0.1, 0.15) is 0 Å². The molecular weight excluding hydrogens is 110 g/mol. The van der Waals surface area contributed by atoms with Crippen LogP contribution in [0.25, 0.3) is 0 Å². The molecule has 1 nitrogen and oxygen atoms in total. The van der Waals surface area contributed by atoms with Crippen LogP contribution in [0.4, 0.5) is 0 Å². The van der Waals surface area contributed by atoms with E-state index in [1.165, 1.54) is 25.9 Å². The molecule has 1 unspecified atom stereocenters. The molecule has 0 aromatic rings. The Kier molecular flexibility index (Phi) is 6.06. The molecule has 1 heteroatoms. The third kappa shape index (κ3) is 3.52. The first kappa shape index (κ1) is 8.96. The normalized spacial score (nSPS) is 25.0. The third-order valence-corrected chi connectivity index (χ3v) is 1.74. The molecule has 9 heavy (non-hydrogen) atoms. The highest BCUT2D eigenvalue weighted by atomic mass is 14.9. The van der Waals surface area contributed by atoms with E-state index in [-0.39, 0.29) is 1.43 Å². The molecular formula is C8H21N. The van der Waals surface area contributed by atoms with Gasteiger partial charge >= 0.3 is 0 Å². The van der Waals surface area contributed by atoms with Gasteiger partial charge in [0.25, 0.3) is 0 Å². The summed E-state index contributed by atoms with van der Waals surface area (Å²) in [5.74, 6) is 0.986. The van der Waals surface area contributed by atoms with E-state index in [9.17, 15) is 0 Å². The van der Waals surface area contributed by atoms with Crippen molar-refractivity contribution in [3.63, 3.8) is 0 Å². The molecule has 0 aromatic carbocycles. The summed E-state index contributed by atoms with van der Waals surface area (Å²) < 4.78 is 0. The number of hydrogen-bond donors (Lipinski definition) is 1. The molecule has 1 fully saturated rings. The molecule has 1 rings (SSSR count). The van der Waals surface area contributed by atoms with Crippen molar-refractivity contribution >= 4 is 0 Å². The monoisotopic (exact) mass is 131 g/mol. The van der Waals surface area contributed by atoms with Crippen LogP contribution in [0.2, 0.25) is 0 Å². The summed E-state index contributed by atoms with van der Waals surface area (Å²) in [5, 5.41) is 3.32. The van der Waals surface area contributed by atoms with Crippen LogP contribution < -0.4 is 5.32 Å². The van der Waals surface area contributed by atoms with Gasteiger partial charge in [0, 0.05) is 1.43 Å². The first-order valence-electron chi connectivity index (χ1n) is 4.14. The first-order valence-corrected chi connectivity index (χ1v) is 4.14. The Morgan fingerprint density at radius 3 is 2.44 bits per heavy atom. The molecule has 0 spiro atoms. The standard InChI is InChI=1S/C6H13N.C2H6.H2/c1-2-6-3-4-7-5-6;1-2;/h6-7H,2-5H2,1H3;1-2H3;1H. The summed E-state index contributed by atoms with van der Waals surface area (Å²) in [6.07, 6.45) is 2.75. The molecule has 1 aliphatic rings. The lowest BCUT2D eigenvalue weighted by Gasteiger charge is -1.98. The largest absolute Gasteiger partial charge is 0.316 e. The van der Waals surface area contributed by atoms with Crippen molar-refractivity contribution in [1.82, 2.24) is 5.32 Å². The third-order valence-electron chi connectivity index (χ3n) is 1.74. The van der Waals surface area contributed by atoms with E-state index >= 15 is 0 Å². The lowest BCUT2D eigenvalue weighted by molar-refractivity contribution is 0.563. The Bertz CT molecular complexity index is 51.2. The molecule has 0 aromatic heterocycles. The maximum absolute atomic E-state index is 3.32. The van der Waals surface area contributed by atoms with Gasteiger partial charge < -0.3 is 5.32 Å². The van der Waals surface area contributed by atoms with Crippen molar-refractivity contribution < 1.29 is 1.43 Å². The summed E-state index contributed by atoms with van der Waals surface area (Å²) in [6.45, 7) is 8.77. The Morgan fingerprint density at radius 2 is 2.22 bits per heavy atom. The summed E-state index contributed by atoms with van der Waals surface area (Å²) in [7, 11) is 0. The zero-order valence-electron chi connectivity index (χ0n) is 6.91. The summed E-state index contributed by atoms with van der Waals surface area (Å²) in [4.78, 5) is 0. The van der Waals surface area contributed by atoms with Crippen molar-refractivity contribution in [2.75, 3.05) is 13.1 Å². The Hall–Kier alpha value is -0.0400. The van der Waals surface area contributed by atoms with Crippen molar-refractivity contribution in [1.29, 1.82) is 0 Å². The Balaban J connectivity index is 0. The van der Waals surface area contributed by atoms with Crippen molar-refractivity contribution in [3.05, 3.63) is 0 Å². The highest BCUT2D eigenvalue weighted by Gasteiger charge is 2.10. The molecule has 0 radical (unpaired) electrons. The highest BCUT2D eigenvalue weighted by molar-refractivity contribution is 4.68. The van der Waals surface area contributed by atoms with E-state index in [4.69, 9.17) is 0 Å². The van der Waals surface area contributed by atoms with Gasteiger partial charge in [0.2, 0.25) is 0 Å². The molecule has 0 bridgehead atoms. The molecule has 1 aliphatic heterocycles. The van der Waals surface area contributed by atoms with Crippen molar-refractivity contribution in [2.45, 2.75) is 33.6 Å². The molecule has 1 N–H and O–H groups in total. The molecule has 0 amide bonds. The smallest absolute Gasteiger partial charge is 0 e. The minimum Gasteiger partial charge on any atom is -0.316 e. The van der Waals surface area contributed by atoms with Gasteiger partial charge in [-0.25, -0.2) is 0 Å². The van der Waals surface area contributed by atoms with Crippen LogP contribution in [0.1, 0.15) is 35.0 Å². The fraction of sp³-hybridized carbons (Fsp3) is 1.00. The number of rotatable bonds is 1. The van der Waals surface area contributed by atoms with Crippen LogP contribution in [0, 0.1) is 5.92 Å². The molecule has 0 saturated carbocycles. The van der Waals surface area contributed by atoms with Crippen molar-refractivity contribution in [3.8, 4) is 0 Å². The van der Waals surface area contributed by atoms with Crippen LogP contribution >= 0.6 is 0 Å². The van der Waals surface area contributed by atoms with E-state index in [1.54, 1.807) is 0 Å². The second-order valence-corrected chi connectivity index (χ2v) is 2.27. The minimum atomic E-state index is 0. The Morgan fingerprint density at radius 1 is 1.56 bits per heavy atom. The topological polar surface area (TPSA) is 12.0 Å². The fourth-order valence-corrected chi connectivity index (χ4v) is 1.06. The fourth-order valence-electron chi connectivity index (χ4n) is 1.06. The molecule has 0 aliphatic carbocycles. The maximum Gasteiger partial charge on any atom is 0 e. The Labute approximate surface area is 60.3 Å². The van der Waals surface area contributed by atoms with Gasteiger partial charge in [0.05, 0.1) is 0 Å². The van der Waals surface area contributed by atoms with E-state index in [1.807, 2.05) is 13.8 Å². The van der Waals surface area contributed by atoms with Crippen LogP contribution in [0.5, 0.6) is 0 Å². The molecule has 1 heterocycles. The highest BCUT2D eigenvalue weighted by Crippen LogP contribution is 2.09. The lowest BCUT2D eigenvalue weighted by Crippen LogP contribution is -2.07. The van der Waals surface area contributed by atoms with Crippen LogP contribution in [0.3, 0.4) is 0 Å².